The maximum Gasteiger partial charge on any atom is 0.122 e. The Hall–Kier alpha value is -3.55. The third-order valence-electron chi connectivity index (χ3n) is 5.38. The topological polar surface area (TPSA) is 45.9 Å². The average Bonchev–Trinajstić information content (AvgIpc) is 2.87. The first-order valence-electron chi connectivity index (χ1n) is 11.1. The molecule has 4 rings (SSSR count). The van der Waals surface area contributed by atoms with E-state index in [1.54, 1.807) is 11.8 Å². The van der Waals surface area contributed by atoms with Gasteiger partial charge in [-0.15, -0.1) is 11.8 Å². The SMILES string of the molecule is Cc1ccccc1OCCCCSc1nc(-c2ccccc2)cc(-c2ccccc2)c1C#N. The second-order valence-electron chi connectivity index (χ2n) is 7.75. The molecule has 0 fully saturated rings. The van der Waals surface area contributed by atoms with Crippen molar-refractivity contribution in [2.24, 2.45) is 0 Å². The van der Waals surface area contributed by atoms with Crippen molar-refractivity contribution in [2.45, 2.75) is 24.8 Å². The number of aromatic nitrogens is 1. The fourth-order valence-electron chi connectivity index (χ4n) is 3.61. The standard InChI is InChI=1S/C29H26N2OS/c1-22-12-8-9-17-28(22)32-18-10-11-19-33-29-26(21-30)25(23-13-4-2-5-14-23)20-27(31-29)24-15-6-3-7-16-24/h2-9,12-17,20H,10-11,18-19H2,1H3. The van der Waals surface area contributed by atoms with Gasteiger partial charge in [-0.05, 0) is 48.8 Å². The van der Waals surface area contributed by atoms with E-state index in [9.17, 15) is 5.26 Å². The highest BCUT2D eigenvalue weighted by molar-refractivity contribution is 7.99. The van der Waals surface area contributed by atoms with Crippen molar-refractivity contribution < 1.29 is 4.74 Å². The van der Waals surface area contributed by atoms with Crippen LogP contribution < -0.4 is 4.74 Å². The second-order valence-corrected chi connectivity index (χ2v) is 8.83. The summed E-state index contributed by atoms with van der Waals surface area (Å²) in [5.41, 5.74) is 5.69. The molecule has 1 aromatic heterocycles. The van der Waals surface area contributed by atoms with Gasteiger partial charge in [0.25, 0.3) is 0 Å². The van der Waals surface area contributed by atoms with Crippen LogP contribution in [-0.4, -0.2) is 17.3 Å². The molecule has 4 aromatic rings. The van der Waals surface area contributed by atoms with E-state index >= 15 is 0 Å². The van der Waals surface area contributed by atoms with Crippen LogP contribution in [-0.2, 0) is 0 Å². The van der Waals surface area contributed by atoms with Crippen LogP contribution in [0.1, 0.15) is 24.0 Å². The Morgan fingerprint density at radius 1 is 0.848 bits per heavy atom. The molecule has 0 aliphatic rings. The van der Waals surface area contributed by atoms with Gasteiger partial charge in [0, 0.05) is 11.1 Å². The van der Waals surface area contributed by atoms with E-state index < -0.39 is 0 Å². The molecule has 0 saturated carbocycles. The van der Waals surface area contributed by atoms with Crippen LogP contribution in [0.5, 0.6) is 5.75 Å². The quantitative estimate of drug-likeness (QED) is 0.195. The zero-order valence-electron chi connectivity index (χ0n) is 18.7. The number of aryl methyl sites for hydroxylation is 1. The van der Waals surface area contributed by atoms with Crippen molar-refractivity contribution >= 4 is 11.8 Å². The van der Waals surface area contributed by atoms with Crippen LogP contribution in [0, 0.1) is 18.3 Å². The lowest BCUT2D eigenvalue weighted by Crippen LogP contribution is -2.00. The van der Waals surface area contributed by atoms with Gasteiger partial charge in [-0.1, -0.05) is 78.9 Å². The largest absolute Gasteiger partial charge is 0.493 e. The minimum absolute atomic E-state index is 0.641. The van der Waals surface area contributed by atoms with Gasteiger partial charge in [-0.2, -0.15) is 5.26 Å². The zero-order chi connectivity index (χ0) is 22.9. The third kappa shape index (κ3) is 5.83. The molecular weight excluding hydrogens is 424 g/mol. The molecule has 0 unspecified atom stereocenters. The molecule has 4 heteroatoms. The molecule has 0 saturated heterocycles. The van der Waals surface area contributed by atoms with Gasteiger partial charge in [-0.3, -0.25) is 0 Å². The van der Waals surface area contributed by atoms with E-state index in [4.69, 9.17) is 9.72 Å². The Labute approximate surface area is 200 Å². The van der Waals surface area contributed by atoms with Gasteiger partial charge >= 0.3 is 0 Å². The number of hydrogen-bond donors (Lipinski definition) is 0. The van der Waals surface area contributed by atoms with E-state index in [0.717, 1.165) is 57.3 Å². The van der Waals surface area contributed by atoms with Crippen LogP contribution in [0.2, 0.25) is 0 Å². The molecular formula is C29H26N2OS. The maximum absolute atomic E-state index is 9.99. The minimum atomic E-state index is 0.641. The maximum atomic E-state index is 9.99. The molecule has 0 aliphatic carbocycles. The summed E-state index contributed by atoms with van der Waals surface area (Å²) in [5, 5.41) is 10.8. The average molecular weight is 451 g/mol. The van der Waals surface area contributed by atoms with Gasteiger partial charge < -0.3 is 4.74 Å². The predicted octanol–water partition coefficient (Wildman–Crippen LogP) is 7.55. The molecule has 33 heavy (non-hydrogen) atoms. The molecule has 0 spiro atoms. The fraction of sp³-hybridized carbons (Fsp3) is 0.172. The summed E-state index contributed by atoms with van der Waals surface area (Å²) in [6.07, 6.45) is 1.94. The van der Waals surface area contributed by atoms with Crippen molar-refractivity contribution in [3.8, 4) is 34.2 Å². The first kappa shape index (κ1) is 22.6. The Bertz CT molecular complexity index is 1230. The number of pyridine rings is 1. The van der Waals surface area contributed by atoms with E-state index in [1.807, 2.05) is 72.8 Å². The summed E-state index contributed by atoms with van der Waals surface area (Å²) in [7, 11) is 0. The number of nitriles is 1. The zero-order valence-corrected chi connectivity index (χ0v) is 19.5. The molecule has 0 radical (unpaired) electrons. The molecule has 1 heterocycles. The van der Waals surface area contributed by atoms with Gasteiger partial charge in [-0.25, -0.2) is 4.98 Å². The van der Waals surface area contributed by atoms with Crippen molar-refractivity contribution in [3.63, 3.8) is 0 Å². The van der Waals surface area contributed by atoms with Crippen LogP contribution in [0.4, 0.5) is 0 Å². The first-order valence-corrected chi connectivity index (χ1v) is 12.1. The summed E-state index contributed by atoms with van der Waals surface area (Å²) < 4.78 is 5.91. The lowest BCUT2D eigenvalue weighted by atomic mass is 9.99. The summed E-state index contributed by atoms with van der Waals surface area (Å²) >= 11 is 1.65. The normalized spacial score (nSPS) is 10.5. The van der Waals surface area contributed by atoms with Gasteiger partial charge in [0.2, 0.25) is 0 Å². The predicted molar refractivity (Wildman–Crippen MR) is 136 cm³/mol. The van der Waals surface area contributed by atoms with Gasteiger partial charge in [0.1, 0.15) is 16.8 Å². The Morgan fingerprint density at radius 3 is 2.21 bits per heavy atom. The van der Waals surface area contributed by atoms with Crippen LogP contribution in [0.25, 0.3) is 22.4 Å². The molecule has 0 amide bonds. The number of ether oxygens (including phenoxy) is 1. The number of hydrogen-bond acceptors (Lipinski definition) is 4. The number of benzene rings is 3. The molecule has 3 nitrogen and oxygen atoms in total. The van der Waals surface area contributed by atoms with Crippen molar-refractivity contribution in [2.75, 3.05) is 12.4 Å². The first-order chi connectivity index (χ1) is 16.3. The van der Waals surface area contributed by atoms with Crippen molar-refractivity contribution in [1.82, 2.24) is 4.98 Å². The molecule has 164 valence electrons. The highest BCUT2D eigenvalue weighted by Crippen LogP contribution is 2.34. The molecule has 3 aromatic carbocycles. The summed E-state index contributed by atoms with van der Waals surface area (Å²) in [4.78, 5) is 4.89. The molecule has 0 bridgehead atoms. The highest BCUT2D eigenvalue weighted by atomic mass is 32.2. The Balaban J connectivity index is 1.49. The summed E-state index contributed by atoms with van der Waals surface area (Å²) in [6.45, 7) is 2.74. The summed E-state index contributed by atoms with van der Waals surface area (Å²) in [6, 6.07) is 32.7. The monoisotopic (exact) mass is 450 g/mol. The fourth-order valence-corrected chi connectivity index (χ4v) is 4.61. The Kier molecular flexibility index (Phi) is 7.79. The highest BCUT2D eigenvalue weighted by Gasteiger charge is 2.15. The summed E-state index contributed by atoms with van der Waals surface area (Å²) in [5.74, 6) is 1.83. The van der Waals surface area contributed by atoms with Crippen LogP contribution in [0.3, 0.4) is 0 Å². The van der Waals surface area contributed by atoms with E-state index in [1.165, 1.54) is 0 Å². The van der Waals surface area contributed by atoms with E-state index in [0.29, 0.717) is 12.2 Å². The Morgan fingerprint density at radius 2 is 1.52 bits per heavy atom. The molecule has 0 aliphatic heterocycles. The van der Waals surface area contributed by atoms with Crippen molar-refractivity contribution in [1.29, 1.82) is 5.26 Å². The molecule has 0 atom stereocenters. The molecule has 0 N–H and O–H groups in total. The number of rotatable bonds is 9. The third-order valence-corrected chi connectivity index (χ3v) is 6.44. The lowest BCUT2D eigenvalue weighted by molar-refractivity contribution is 0.308. The van der Waals surface area contributed by atoms with Crippen molar-refractivity contribution in [3.05, 3.63) is 102 Å². The number of unbranched alkanes of at least 4 members (excludes halogenated alkanes) is 1. The number of para-hydroxylation sites is 1. The second kappa shape index (κ2) is 11.4. The minimum Gasteiger partial charge on any atom is -0.493 e. The number of nitrogens with zero attached hydrogens (tertiary/aromatic N) is 2. The van der Waals surface area contributed by atoms with Gasteiger partial charge in [0.15, 0.2) is 0 Å². The van der Waals surface area contributed by atoms with Crippen LogP contribution in [0.15, 0.2) is 96.0 Å². The van der Waals surface area contributed by atoms with Crippen LogP contribution >= 0.6 is 11.8 Å². The van der Waals surface area contributed by atoms with E-state index in [2.05, 4.69) is 31.2 Å². The van der Waals surface area contributed by atoms with Gasteiger partial charge in [0.05, 0.1) is 17.9 Å². The number of thioether (sulfide) groups is 1. The lowest BCUT2D eigenvalue weighted by Gasteiger charge is -2.13. The smallest absolute Gasteiger partial charge is 0.122 e. The van der Waals surface area contributed by atoms with E-state index in [-0.39, 0.29) is 0 Å².